The quantitative estimate of drug-likeness (QED) is 0.465. The number of aromatic nitrogens is 7. The second kappa shape index (κ2) is 7.28. The van der Waals surface area contributed by atoms with Crippen LogP contribution in [0.25, 0.3) is 28.1 Å². The van der Waals surface area contributed by atoms with Crippen molar-refractivity contribution in [1.82, 2.24) is 35.2 Å². The van der Waals surface area contributed by atoms with Gasteiger partial charge in [-0.25, -0.2) is 14.6 Å². The van der Waals surface area contributed by atoms with E-state index in [1.54, 1.807) is 18.0 Å². The Morgan fingerprint density at radius 1 is 1.03 bits per heavy atom. The predicted molar refractivity (Wildman–Crippen MR) is 113 cm³/mol. The fraction of sp³-hybridized carbons (Fsp3) is 0.0952. The number of aryl methyl sites for hydroxylation is 1. The predicted octanol–water partition coefficient (Wildman–Crippen LogP) is 3.66. The number of methoxy groups -OCH3 is 1. The van der Waals surface area contributed by atoms with Crippen LogP contribution in [0.3, 0.4) is 0 Å². The van der Waals surface area contributed by atoms with Crippen molar-refractivity contribution in [2.24, 2.45) is 0 Å². The van der Waals surface area contributed by atoms with Crippen LogP contribution >= 0.6 is 0 Å². The molecular formula is C21H18N8O. The lowest BCUT2D eigenvalue weighted by Gasteiger charge is -2.08. The van der Waals surface area contributed by atoms with Crippen LogP contribution in [0.2, 0.25) is 0 Å². The van der Waals surface area contributed by atoms with Gasteiger partial charge in [-0.05, 0) is 31.2 Å². The van der Waals surface area contributed by atoms with Crippen molar-refractivity contribution in [2.75, 3.05) is 12.4 Å². The van der Waals surface area contributed by atoms with Gasteiger partial charge in [0.15, 0.2) is 17.3 Å². The highest BCUT2D eigenvalue weighted by Gasteiger charge is 2.14. The third-order valence-electron chi connectivity index (χ3n) is 4.60. The van der Waals surface area contributed by atoms with Gasteiger partial charge in [0, 0.05) is 23.2 Å². The fourth-order valence-electron chi connectivity index (χ4n) is 3.14. The summed E-state index contributed by atoms with van der Waals surface area (Å²) in [6.45, 7) is 1.94. The van der Waals surface area contributed by atoms with Gasteiger partial charge < -0.3 is 10.1 Å². The first-order valence-corrected chi connectivity index (χ1v) is 9.32. The summed E-state index contributed by atoms with van der Waals surface area (Å²) in [5.74, 6) is 2.55. The van der Waals surface area contributed by atoms with E-state index in [0.29, 0.717) is 23.2 Å². The molecule has 0 saturated carbocycles. The second-order valence-electron chi connectivity index (χ2n) is 6.72. The zero-order chi connectivity index (χ0) is 20.5. The highest BCUT2D eigenvalue weighted by molar-refractivity contribution is 5.91. The largest absolute Gasteiger partial charge is 0.497 e. The summed E-state index contributed by atoms with van der Waals surface area (Å²) in [6, 6.07) is 17.3. The molecule has 0 spiro atoms. The van der Waals surface area contributed by atoms with Crippen molar-refractivity contribution in [2.45, 2.75) is 6.92 Å². The number of ether oxygens (including phenoxy) is 1. The zero-order valence-corrected chi connectivity index (χ0v) is 16.4. The average molecular weight is 398 g/mol. The van der Waals surface area contributed by atoms with Crippen molar-refractivity contribution in [3.63, 3.8) is 0 Å². The number of H-pyrrole nitrogens is 1. The molecule has 2 aromatic carbocycles. The molecule has 0 amide bonds. The number of fused-ring (bicyclic) bond motifs is 1. The summed E-state index contributed by atoms with van der Waals surface area (Å²) in [5.41, 5.74) is 3.15. The van der Waals surface area contributed by atoms with Crippen molar-refractivity contribution < 1.29 is 4.74 Å². The number of hydrogen-bond acceptors (Lipinski definition) is 7. The van der Waals surface area contributed by atoms with Crippen LogP contribution in [0.1, 0.15) is 5.69 Å². The average Bonchev–Trinajstić information content (AvgIpc) is 3.43. The maximum absolute atomic E-state index is 5.29. The second-order valence-corrected chi connectivity index (χ2v) is 6.72. The number of benzene rings is 2. The van der Waals surface area contributed by atoms with Gasteiger partial charge >= 0.3 is 0 Å². The van der Waals surface area contributed by atoms with Gasteiger partial charge in [-0.3, -0.25) is 5.10 Å². The molecule has 0 atom stereocenters. The van der Waals surface area contributed by atoms with Crippen LogP contribution in [0.15, 0.2) is 60.8 Å². The van der Waals surface area contributed by atoms with Crippen LogP contribution in [-0.2, 0) is 0 Å². The lowest BCUT2D eigenvalue weighted by atomic mass is 10.2. The SMILES string of the molecule is COc1cccc(-n2cc(-c3nc(Nc4cc(C)[nH]n4)c4ccccc4n3)nn2)c1. The van der Waals surface area contributed by atoms with E-state index in [9.17, 15) is 0 Å². The summed E-state index contributed by atoms with van der Waals surface area (Å²) in [5, 5.41) is 19.8. The van der Waals surface area contributed by atoms with Gasteiger partial charge in [-0.2, -0.15) is 5.10 Å². The number of para-hydroxylation sites is 1. The molecule has 5 rings (SSSR count). The summed E-state index contributed by atoms with van der Waals surface area (Å²) < 4.78 is 6.95. The maximum Gasteiger partial charge on any atom is 0.184 e. The molecule has 0 fully saturated rings. The summed E-state index contributed by atoms with van der Waals surface area (Å²) in [7, 11) is 1.63. The lowest BCUT2D eigenvalue weighted by molar-refractivity contribution is 0.414. The first kappa shape index (κ1) is 17.8. The molecule has 2 N–H and O–H groups in total. The number of anilines is 2. The van der Waals surface area contributed by atoms with E-state index >= 15 is 0 Å². The highest BCUT2D eigenvalue weighted by atomic mass is 16.5. The first-order valence-electron chi connectivity index (χ1n) is 9.32. The van der Waals surface area contributed by atoms with E-state index in [1.807, 2.05) is 61.5 Å². The van der Waals surface area contributed by atoms with Crippen LogP contribution in [-0.4, -0.2) is 42.3 Å². The molecule has 0 radical (unpaired) electrons. The number of rotatable bonds is 5. The summed E-state index contributed by atoms with van der Waals surface area (Å²) >= 11 is 0. The van der Waals surface area contributed by atoms with E-state index in [1.165, 1.54) is 0 Å². The van der Waals surface area contributed by atoms with Gasteiger partial charge in [0.05, 0.1) is 24.5 Å². The van der Waals surface area contributed by atoms with E-state index in [0.717, 1.165) is 28.0 Å². The molecule has 0 aliphatic heterocycles. The van der Waals surface area contributed by atoms with Gasteiger partial charge in [-0.1, -0.05) is 23.4 Å². The van der Waals surface area contributed by atoms with Crippen LogP contribution in [0.4, 0.5) is 11.6 Å². The molecule has 5 aromatic rings. The van der Waals surface area contributed by atoms with E-state index in [-0.39, 0.29) is 0 Å². The Kier molecular flexibility index (Phi) is 4.32. The molecule has 3 heterocycles. The number of nitrogens with zero attached hydrogens (tertiary/aromatic N) is 6. The molecule has 3 aromatic heterocycles. The van der Waals surface area contributed by atoms with Gasteiger partial charge in [0.2, 0.25) is 0 Å². The Hall–Kier alpha value is -4.27. The Labute approximate surface area is 171 Å². The first-order chi connectivity index (χ1) is 14.7. The lowest BCUT2D eigenvalue weighted by Crippen LogP contribution is -2.00. The zero-order valence-electron chi connectivity index (χ0n) is 16.4. The number of nitrogens with one attached hydrogen (secondary N) is 2. The van der Waals surface area contributed by atoms with Crippen molar-refractivity contribution >= 4 is 22.5 Å². The van der Waals surface area contributed by atoms with Crippen molar-refractivity contribution in [3.05, 3.63) is 66.5 Å². The number of hydrogen-bond donors (Lipinski definition) is 2. The number of aromatic amines is 1. The topological polar surface area (TPSA) is 106 Å². The van der Waals surface area contributed by atoms with Crippen molar-refractivity contribution in [3.8, 4) is 23.0 Å². The maximum atomic E-state index is 5.29. The monoisotopic (exact) mass is 398 g/mol. The normalized spacial score (nSPS) is 11.0. The van der Waals surface area contributed by atoms with E-state index in [4.69, 9.17) is 9.72 Å². The molecule has 0 aliphatic carbocycles. The third kappa shape index (κ3) is 3.32. The Bertz CT molecular complexity index is 1340. The minimum atomic E-state index is 0.470. The van der Waals surface area contributed by atoms with Crippen LogP contribution < -0.4 is 10.1 Å². The van der Waals surface area contributed by atoms with Gasteiger partial charge in [0.25, 0.3) is 0 Å². The van der Waals surface area contributed by atoms with E-state index < -0.39 is 0 Å². The minimum Gasteiger partial charge on any atom is -0.497 e. The molecule has 0 aliphatic rings. The fourth-order valence-corrected chi connectivity index (χ4v) is 3.14. The molecule has 0 unspecified atom stereocenters. The molecule has 148 valence electrons. The summed E-state index contributed by atoms with van der Waals surface area (Å²) in [6.07, 6.45) is 1.79. The minimum absolute atomic E-state index is 0.470. The molecule has 0 bridgehead atoms. The van der Waals surface area contributed by atoms with Crippen LogP contribution in [0, 0.1) is 6.92 Å². The van der Waals surface area contributed by atoms with Gasteiger partial charge in [-0.15, -0.1) is 5.10 Å². The Morgan fingerprint density at radius 3 is 2.77 bits per heavy atom. The van der Waals surface area contributed by atoms with Gasteiger partial charge in [0.1, 0.15) is 11.6 Å². The van der Waals surface area contributed by atoms with Crippen molar-refractivity contribution in [1.29, 1.82) is 0 Å². The standard InChI is InChI=1S/C21H18N8O/c1-13-10-19(27-25-13)23-20-16-8-3-4-9-17(16)22-21(24-20)18-12-29(28-26-18)14-6-5-7-15(11-14)30-2/h3-12H,1-2H3,(H2,22,23,24,25,27). The third-order valence-corrected chi connectivity index (χ3v) is 4.60. The van der Waals surface area contributed by atoms with Crippen LogP contribution in [0.5, 0.6) is 5.75 Å². The molecule has 0 saturated heterocycles. The molecule has 30 heavy (non-hydrogen) atoms. The van der Waals surface area contributed by atoms with E-state index in [2.05, 4.69) is 30.8 Å². The Morgan fingerprint density at radius 2 is 1.93 bits per heavy atom. The Balaban J connectivity index is 1.57. The summed E-state index contributed by atoms with van der Waals surface area (Å²) in [4.78, 5) is 9.37. The highest BCUT2D eigenvalue weighted by Crippen LogP contribution is 2.26. The molecular weight excluding hydrogens is 380 g/mol. The smallest absolute Gasteiger partial charge is 0.184 e. The molecule has 9 nitrogen and oxygen atoms in total. The molecule has 9 heteroatoms.